The van der Waals surface area contributed by atoms with Crippen LogP contribution in [-0.2, 0) is 4.79 Å². The zero-order valence-corrected chi connectivity index (χ0v) is 15.9. The maximum absolute atomic E-state index is 12.8. The monoisotopic (exact) mass is 376 g/mol. The molecule has 0 aromatic heterocycles. The molecule has 1 saturated heterocycles. The lowest BCUT2D eigenvalue weighted by molar-refractivity contribution is -0.154. The van der Waals surface area contributed by atoms with Crippen molar-refractivity contribution in [2.45, 2.75) is 37.3 Å². The van der Waals surface area contributed by atoms with Crippen LogP contribution in [0.2, 0.25) is 0 Å². The molecule has 1 amide bonds. The fourth-order valence-corrected chi connectivity index (χ4v) is 4.45. The van der Waals surface area contributed by atoms with E-state index in [2.05, 4.69) is 6.07 Å². The Morgan fingerprint density at radius 2 is 1.86 bits per heavy atom. The predicted molar refractivity (Wildman–Crippen MR) is 106 cm³/mol. The molecule has 4 rings (SSSR count). The quantitative estimate of drug-likeness (QED) is 0.869. The van der Waals surface area contributed by atoms with Gasteiger partial charge in [0.25, 0.3) is 0 Å². The van der Waals surface area contributed by atoms with Crippen LogP contribution in [0.4, 0.5) is 0 Å². The topological polar surface area (TPSA) is 73.6 Å². The predicted octanol–water partition coefficient (Wildman–Crippen LogP) is 3.34. The normalized spacial score (nSPS) is 24.0. The SMILES string of the molecule is COc1ccccc1-c1ccccc1[C@@H]1[C@H](C#N)N(C(=O)C2CCC2)[C@H]1CO. The smallest absolute Gasteiger partial charge is 0.227 e. The summed E-state index contributed by atoms with van der Waals surface area (Å²) < 4.78 is 5.53. The number of nitriles is 1. The van der Waals surface area contributed by atoms with Crippen LogP contribution in [0, 0.1) is 17.2 Å². The minimum atomic E-state index is -0.555. The molecule has 28 heavy (non-hydrogen) atoms. The molecule has 5 nitrogen and oxygen atoms in total. The van der Waals surface area contributed by atoms with Crippen molar-refractivity contribution >= 4 is 5.91 Å². The van der Waals surface area contributed by atoms with Crippen LogP contribution in [0.15, 0.2) is 48.5 Å². The number of benzene rings is 2. The number of nitrogens with zero attached hydrogens (tertiary/aromatic N) is 2. The van der Waals surface area contributed by atoms with E-state index in [4.69, 9.17) is 4.74 Å². The maximum Gasteiger partial charge on any atom is 0.227 e. The van der Waals surface area contributed by atoms with E-state index in [0.29, 0.717) is 0 Å². The summed E-state index contributed by atoms with van der Waals surface area (Å²) >= 11 is 0. The van der Waals surface area contributed by atoms with Gasteiger partial charge in [-0.1, -0.05) is 48.9 Å². The number of ether oxygens (including phenoxy) is 1. The highest BCUT2D eigenvalue weighted by Crippen LogP contribution is 2.47. The second kappa shape index (κ2) is 7.65. The summed E-state index contributed by atoms with van der Waals surface area (Å²) in [6.07, 6.45) is 2.83. The Balaban J connectivity index is 1.73. The highest BCUT2D eigenvalue weighted by molar-refractivity contribution is 5.83. The molecule has 0 bridgehead atoms. The fraction of sp³-hybridized carbons (Fsp3) is 0.391. The van der Waals surface area contributed by atoms with Gasteiger partial charge in [-0.2, -0.15) is 5.26 Å². The van der Waals surface area contributed by atoms with E-state index in [9.17, 15) is 15.2 Å². The Hall–Kier alpha value is -2.84. The number of likely N-dealkylation sites (tertiary alicyclic amines) is 1. The average Bonchev–Trinajstić information content (AvgIpc) is 2.67. The van der Waals surface area contributed by atoms with Gasteiger partial charge < -0.3 is 14.7 Å². The van der Waals surface area contributed by atoms with E-state index in [-0.39, 0.29) is 30.4 Å². The van der Waals surface area contributed by atoms with Crippen LogP contribution in [0.1, 0.15) is 30.7 Å². The van der Waals surface area contributed by atoms with Gasteiger partial charge in [-0.3, -0.25) is 4.79 Å². The summed E-state index contributed by atoms with van der Waals surface area (Å²) in [4.78, 5) is 14.4. The number of carbonyl (C=O) groups is 1. The molecule has 0 unspecified atom stereocenters. The lowest BCUT2D eigenvalue weighted by atomic mass is 9.71. The third-order valence-electron chi connectivity index (χ3n) is 6.16. The van der Waals surface area contributed by atoms with E-state index < -0.39 is 6.04 Å². The van der Waals surface area contributed by atoms with Crippen LogP contribution in [0.5, 0.6) is 5.75 Å². The minimum Gasteiger partial charge on any atom is -0.496 e. The first-order valence-corrected chi connectivity index (χ1v) is 9.76. The van der Waals surface area contributed by atoms with Crippen LogP contribution in [-0.4, -0.2) is 41.7 Å². The molecule has 5 heteroatoms. The van der Waals surface area contributed by atoms with Crippen LogP contribution >= 0.6 is 0 Å². The first-order chi connectivity index (χ1) is 13.7. The summed E-state index contributed by atoms with van der Waals surface area (Å²) in [6, 6.07) is 17.1. The van der Waals surface area contributed by atoms with Crippen molar-refractivity contribution in [2.75, 3.05) is 13.7 Å². The highest BCUT2D eigenvalue weighted by Gasteiger charge is 2.53. The third kappa shape index (κ3) is 2.85. The van der Waals surface area contributed by atoms with Gasteiger partial charge in [0.05, 0.1) is 25.8 Å². The molecule has 1 aliphatic carbocycles. The summed E-state index contributed by atoms with van der Waals surface area (Å²) in [6.45, 7) is -0.151. The molecule has 0 radical (unpaired) electrons. The van der Waals surface area contributed by atoms with E-state index in [1.54, 1.807) is 12.0 Å². The number of aliphatic hydroxyl groups excluding tert-OH is 1. The standard InChI is InChI=1S/C23H24N2O3/c1-28-21-12-5-4-10-17(21)16-9-2-3-11-18(16)22-19(13-24)25(20(22)14-26)23(27)15-7-6-8-15/h2-5,9-12,15,19-20,22,26H,6-8,14H2,1H3/t19-,20-,22+/m0/s1. The lowest BCUT2D eigenvalue weighted by Gasteiger charge is -2.53. The van der Waals surface area contributed by atoms with Gasteiger partial charge in [-0.15, -0.1) is 0 Å². The van der Waals surface area contributed by atoms with Crippen molar-refractivity contribution in [3.05, 3.63) is 54.1 Å². The lowest BCUT2D eigenvalue weighted by Crippen LogP contribution is -2.66. The van der Waals surface area contributed by atoms with Gasteiger partial charge in [0.1, 0.15) is 11.8 Å². The van der Waals surface area contributed by atoms with E-state index in [0.717, 1.165) is 41.7 Å². The molecule has 1 heterocycles. The first-order valence-electron chi connectivity index (χ1n) is 9.76. The maximum atomic E-state index is 12.8. The minimum absolute atomic E-state index is 0.00955. The number of para-hydroxylation sites is 1. The number of carbonyl (C=O) groups excluding carboxylic acids is 1. The Morgan fingerprint density at radius 3 is 2.46 bits per heavy atom. The number of hydrogen-bond acceptors (Lipinski definition) is 4. The highest BCUT2D eigenvalue weighted by atomic mass is 16.5. The molecule has 2 aromatic carbocycles. The summed E-state index contributed by atoms with van der Waals surface area (Å²) in [7, 11) is 1.64. The van der Waals surface area contributed by atoms with E-state index in [1.165, 1.54) is 0 Å². The summed E-state index contributed by atoms with van der Waals surface area (Å²) in [5.41, 5.74) is 2.88. The molecule has 3 atom stereocenters. The number of hydrogen-bond donors (Lipinski definition) is 1. The Kier molecular flexibility index (Phi) is 5.06. The van der Waals surface area contributed by atoms with Gasteiger partial charge in [0.15, 0.2) is 0 Å². The number of aliphatic hydroxyl groups is 1. The number of amides is 1. The van der Waals surface area contributed by atoms with Crippen LogP contribution < -0.4 is 4.74 Å². The Labute approximate surface area is 165 Å². The molecular formula is C23H24N2O3. The van der Waals surface area contributed by atoms with Gasteiger partial charge >= 0.3 is 0 Å². The largest absolute Gasteiger partial charge is 0.496 e. The van der Waals surface area contributed by atoms with Crippen molar-refractivity contribution in [2.24, 2.45) is 5.92 Å². The van der Waals surface area contributed by atoms with Crippen molar-refractivity contribution in [1.82, 2.24) is 4.90 Å². The van der Waals surface area contributed by atoms with E-state index >= 15 is 0 Å². The molecule has 2 aliphatic rings. The van der Waals surface area contributed by atoms with Gasteiger partial charge in [-0.25, -0.2) is 0 Å². The van der Waals surface area contributed by atoms with Crippen molar-refractivity contribution < 1.29 is 14.6 Å². The number of methoxy groups -OCH3 is 1. The molecule has 0 spiro atoms. The first kappa shape index (κ1) is 18.5. The zero-order chi connectivity index (χ0) is 19.7. The fourth-order valence-electron chi connectivity index (χ4n) is 4.45. The zero-order valence-electron chi connectivity index (χ0n) is 15.9. The van der Waals surface area contributed by atoms with Crippen molar-refractivity contribution in [1.29, 1.82) is 5.26 Å². The van der Waals surface area contributed by atoms with Crippen LogP contribution in [0.3, 0.4) is 0 Å². The molecule has 144 valence electrons. The molecular weight excluding hydrogens is 352 g/mol. The molecule has 2 aromatic rings. The second-order valence-electron chi connectivity index (χ2n) is 7.51. The van der Waals surface area contributed by atoms with Crippen LogP contribution in [0.25, 0.3) is 11.1 Å². The van der Waals surface area contributed by atoms with Gasteiger partial charge in [-0.05, 0) is 30.0 Å². The Bertz CT molecular complexity index is 916. The average molecular weight is 376 g/mol. The van der Waals surface area contributed by atoms with Crippen molar-refractivity contribution in [3.63, 3.8) is 0 Å². The molecule has 1 N–H and O–H groups in total. The molecule has 1 aliphatic heterocycles. The van der Waals surface area contributed by atoms with E-state index in [1.807, 2.05) is 48.5 Å². The molecule has 2 fully saturated rings. The third-order valence-corrected chi connectivity index (χ3v) is 6.16. The van der Waals surface area contributed by atoms with Gasteiger partial charge in [0.2, 0.25) is 5.91 Å². The Morgan fingerprint density at radius 1 is 1.18 bits per heavy atom. The summed E-state index contributed by atoms with van der Waals surface area (Å²) in [5, 5.41) is 19.9. The molecule has 1 saturated carbocycles. The van der Waals surface area contributed by atoms with Gasteiger partial charge in [0, 0.05) is 17.4 Å². The number of rotatable bonds is 5. The second-order valence-corrected chi connectivity index (χ2v) is 7.51. The summed E-state index contributed by atoms with van der Waals surface area (Å²) in [5.74, 6) is 0.559. The van der Waals surface area contributed by atoms with Crippen molar-refractivity contribution in [3.8, 4) is 22.9 Å².